The Kier molecular flexibility index (Phi) is 4.81. The molecule has 0 aliphatic rings. The Bertz CT molecular complexity index is 488. The van der Waals surface area contributed by atoms with Crippen LogP contribution in [-0.2, 0) is 9.53 Å². The van der Waals surface area contributed by atoms with E-state index in [-0.39, 0.29) is 12.1 Å². The zero-order chi connectivity index (χ0) is 13.5. The predicted molar refractivity (Wildman–Crippen MR) is 58.5 cm³/mol. The van der Waals surface area contributed by atoms with E-state index in [1.807, 2.05) is 0 Å². The molecule has 0 fully saturated rings. The van der Waals surface area contributed by atoms with Gasteiger partial charge in [0.15, 0.2) is 6.61 Å². The van der Waals surface area contributed by atoms with Gasteiger partial charge >= 0.3 is 5.97 Å². The van der Waals surface area contributed by atoms with Gasteiger partial charge in [-0.15, -0.1) is 6.42 Å². The summed E-state index contributed by atoms with van der Waals surface area (Å²) in [6.07, 6.45) is 4.90. The number of hydrogen-bond acceptors (Lipinski definition) is 3. The second kappa shape index (κ2) is 6.35. The largest absolute Gasteiger partial charge is 0.452 e. The number of nitrogens with one attached hydrogen (secondary N) is 1. The molecule has 0 aliphatic heterocycles. The van der Waals surface area contributed by atoms with E-state index in [0.717, 1.165) is 12.1 Å². The summed E-state index contributed by atoms with van der Waals surface area (Å²) in [6, 6.07) is 2.24. The third-order valence-corrected chi connectivity index (χ3v) is 1.82. The van der Waals surface area contributed by atoms with Crippen LogP contribution in [0, 0.1) is 24.0 Å². The van der Waals surface area contributed by atoms with Gasteiger partial charge in [-0.3, -0.25) is 4.79 Å². The van der Waals surface area contributed by atoms with Crippen LogP contribution in [0.3, 0.4) is 0 Å². The number of carbonyl (C=O) groups is 2. The van der Waals surface area contributed by atoms with Crippen molar-refractivity contribution in [3.8, 4) is 12.3 Å². The summed E-state index contributed by atoms with van der Waals surface area (Å²) in [5.41, 5.74) is -0.308. The van der Waals surface area contributed by atoms with Crippen molar-refractivity contribution < 1.29 is 23.1 Å². The minimum Gasteiger partial charge on any atom is -0.452 e. The molecule has 0 unspecified atom stereocenters. The molecule has 0 saturated heterocycles. The first kappa shape index (κ1) is 13.6. The highest BCUT2D eigenvalue weighted by Crippen LogP contribution is 2.09. The standard InChI is InChI=1S/C12H9F2NO3/c1-2-3-15-11(16)7-18-12(17)8-4-9(13)6-10(14)5-8/h1,4-6H,3,7H2,(H,15,16). The zero-order valence-corrected chi connectivity index (χ0v) is 9.20. The molecule has 4 nitrogen and oxygen atoms in total. The van der Waals surface area contributed by atoms with Crippen LogP contribution in [0.5, 0.6) is 0 Å². The molecule has 0 radical (unpaired) electrons. The molecule has 18 heavy (non-hydrogen) atoms. The van der Waals surface area contributed by atoms with E-state index >= 15 is 0 Å². The molecule has 0 saturated carbocycles. The number of rotatable bonds is 4. The van der Waals surface area contributed by atoms with Crippen LogP contribution in [0.4, 0.5) is 8.78 Å². The Hall–Kier alpha value is -2.42. The summed E-state index contributed by atoms with van der Waals surface area (Å²) >= 11 is 0. The molecule has 0 heterocycles. The van der Waals surface area contributed by atoms with Crippen LogP contribution in [0.25, 0.3) is 0 Å². The minimum absolute atomic E-state index is 0.00494. The fourth-order valence-electron chi connectivity index (χ4n) is 1.09. The van der Waals surface area contributed by atoms with E-state index in [9.17, 15) is 18.4 Å². The number of ether oxygens (including phenoxy) is 1. The maximum Gasteiger partial charge on any atom is 0.338 e. The van der Waals surface area contributed by atoms with Gasteiger partial charge in [-0.25, -0.2) is 13.6 Å². The molecule has 1 rings (SSSR count). The smallest absolute Gasteiger partial charge is 0.338 e. The van der Waals surface area contributed by atoms with Gasteiger partial charge in [0.1, 0.15) is 11.6 Å². The van der Waals surface area contributed by atoms with Gasteiger partial charge < -0.3 is 10.1 Å². The fourth-order valence-corrected chi connectivity index (χ4v) is 1.09. The molecule has 0 bridgehead atoms. The molecule has 1 N–H and O–H groups in total. The lowest BCUT2D eigenvalue weighted by Crippen LogP contribution is -2.29. The summed E-state index contributed by atoms with van der Waals surface area (Å²) in [6.45, 7) is -0.566. The van der Waals surface area contributed by atoms with Gasteiger partial charge in [0.05, 0.1) is 12.1 Å². The van der Waals surface area contributed by atoms with E-state index in [1.54, 1.807) is 0 Å². The summed E-state index contributed by atoms with van der Waals surface area (Å²) in [4.78, 5) is 22.4. The Morgan fingerprint density at radius 3 is 2.44 bits per heavy atom. The summed E-state index contributed by atoms with van der Waals surface area (Å²) < 4.78 is 30.2. The minimum atomic E-state index is -0.996. The number of amides is 1. The van der Waals surface area contributed by atoms with Crippen LogP contribution >= 0.6 is 0 Å². The Morgan fingerprint density at radius 2 is 1.89 bits per heavy atom. The normalized spacial score (nSPS) is 9.39. The van der Waals surface area contributed by atoms with Gasteiger partial charge in [-0.2, -0.15) is 0 Å². The van der Waals surface area contributed by atoms with Crippen molar-refractivity contribution in [3.63, 3.8) is 0 Å². The first-order valence-corrected chi connectivity index (χ1v) is 4.86. The first-order chi connectivity index (χ1) is 8.52. The van der Waals surface area contributed by atoms with Gasteiger partial charge in [0.2, 0.25) is 0 Å². The SMILES string of the molecule is C#CCNC(=O)COC(=O)c1cc(F)cc(F)c1. The number of halogens is 2. The van der Waals surface area contributed by atoms with E-state index in [0.29, 0.717) is 6.07 Å². The zero-order valence-electron chi connectivity index (χ0n) is 9.20. The van der Waals surface area contributed by atoms with E-state index in [1.165, 1.54) is 0 Å². The Morgan fingerprint density at radius 1 is 1.28 bits per heavy atom. The number of hydrogen-bond donors (Lipinski definition) is 1. The van der Waals surface area contributed by atoms with Crippen molar-refractivity contribution in [3.05, 3.63) is 35.4 Å². The van der Waals surface area contributed by atoms with Crippen molar-refractivity contribution in [2.75, 3.05) is 13.2 Å². The van der Waals surface area contributed by atoms with Gasteiger partial charge in [-0.1, -0.05) is 5.92 Å². The third-order valence-electron chi connectivity index (χ3n) is 1.82. The van der Waals surface area contributed by atoms with Crippen LogP contribution in [-0.4, -0.2) is 25.0 Å². The van der Waals surface area contributed by atoms with Crippen molar-refractivity contribution in [2.45, 2.75) is 0 Å². The highest BCUT2D eigenvalue weighted by atomic mass is 19.1. The molecular weight excluding hydrogens is 244 g/mol. The number of terminal acetylenes is 1. The van der Waals surface area contributed by atoms with Gasteiger partial charge in [0.25, 0.3) is 5.91 Å². The molecule has 0 spiro atoms. The van der Waals surface area contributed by atoms with Crippen LogP contribution in [0.1, 0.15) is 10.4 Å². The lowest BCUT2D eigenvalue weighted by atomic mass is 10.2. The number of esters is 1. The highest BCUT2D eigenvalue weighted by molar-refractivity contribution is 5.91. The van der Waals surface area contributed by atoms with Crippen LogP contribution < -0.4 is 5.32 Å². The fraction of sp³-hybridized carbons (Fsp3) is 0.167. The molecule has 1 aromatic rings. The summed E-state index contributed by atoms with van der Waals surface area (Å²) in [5, 5.41) is 2.26. The molecule has 1 aromatic carbocycles. The topological polar surface area (TPSA) is 55.4 Å². The maximum atomic E-state index is 12.8. The highest BCUT2D eigenvalue weighted by Gasteiger charge is 2.12. The Labute approximate surface area is 102 Å². The van der Waals surface area contributed by atoms with Crippen molar-refractivity contribution in [1.29, 1.82) is 0 Å². The van der Waals surface area contributed by atoms with E-state index in [2.05, 4.69) is 16.0 Å². The average molecular weight is 253 g/mol. The molecule has 0 aliphatic carbocycles. The van der Waals surface area contributed by atoms with Crippen molar-refractivity contribution >= 4 is 11.9 Å². The monoisotopic (exact) mass is 253 g/mol. The number of benzene rings is 1. The lowest BCUT2D eigenvalue weighted by Gasteiger charge is -2.04. The second-order valence-corrected chi connectivity index (χ2v) is 3.22. The molecule has 1 amide bonds. The maximum absolute atomic E-state index is 12.8. The van der Waals surface area contributed by atoms with Crippen LogP contribution in [0.15, 0.2) is 18.2 Å². The molecule has 6 heteroatoms. The van der Waals surface area contributed by atoms with E-state index in [4.69, 9.17) is 6.42 Å². The molecule has 94 valence electrons. The summed E-state index contributed by atoms with van der Waals surface area (Å²) in [5.74, 6) is -1.24. The molecule has 0 aromatic heterocycles. The Balaban J connectivity index is 2.55. The molecule has 0 atom stereocenters. The lowest BCUT2D eigenvalue weighted by molar-refractivity contribution is -0.123. The van der Waals surface area contributed by atoms with Crippen molar-refractivity contribution in [1.82, 2.24) is 5.32 Å². The van der Waals surface area contributed by atoms with Crippen LogP contribution in [0.2, 0.25) is 0 Å². The van der Waals surface area contributed by atoms with Gasteiger partial charge in [-0.05, 0) is 12.1 Å². The third kappa shape index (κ3) is 4.22. The first-order valence-electron chi connectivity index (χ1n) is 4.86. The quantitative estimate of drug-likeness (QED) is 0.640. The predicted octanol–water partition coefficient (Wildman–Crippen LogP) is 0.871. The number of carbonyl (C=O) groups excluding carboxylic acids is 2. The average Bonchev–Trinajstić information content (AvgIpc) is 2.32. The van der Waals surface area contributed by atoms with Gasteiger partial charge in [0, 0.05) is 6.07 Å². The summed E-state index contributed by atoms with van der Waals surface area (Å²) in [7, 11) is 0. The second-order valence-electron chi connectivity index (χ2n) is 3.22. The van der Waals surface area contributed by atoms with E-state index < -0.39 is 30.1 Å². The molecular formula is C12H9F2NO3. The van der Waals surface area contributed by atoms with Crippen molar-refractivity contribution in [2.24, 2.45) is 0 Å².